The first-order valence-electron chi connectivity index (χ1n) is 4.41. The first kappa shape index (κ1) is 11.8. The molecule has 0 aliphatic carbocycles. The normalized spacial score (nSPS) is 10.8. The lowest BCUT2D eigenvalue weighted by atomic mass is 10.1. The Hall–Kier alpha value is -1.29. The van der Waals surface area contributed by atoms with Gasteiger partial charge < -0.3 is 5.11 Å². The molecule has 0 unspecified atom stereocenters. The highest BCUT2D eigenvalue weighted by Crippen LogP contribution is 2.12. The lowest BCUT2D eigenvalue weighted by Gasteiger charge is -2.01. The van der Waals surface area contributed by atoms with E-state index in [1.54, 1.807) is 18.2 Å². The Morgan fingerprint density at radius 2 is 2.27 bits per heavy atom. The summed E-state index contributed by atoms with van der Waals surface area (Å²) in [5.74, 6) is -0.935. The van der Waals surface area contributed by atoms with Crippen molar-refractivity contribution in [1.82, 2.24) is 0 Å². The van der Waals surface area contributed by atoms with Crippen LogP contribution in [0.2, 0.25) is 0 Å². The average Bonchev–Trinajstić information content (AvgIpc) is 2.18. The van der Waals surface area contributed by atoms with Crippen molar-refractivity contribution in [3.63, 3.8) is 0 Å². The molecule has 0 radical (unpaired) electrons. The van der Waals surface area contributed by atoms with Crippen molar-refractivity contribution in [3.05, 3.63) is 41.2 Å². The molecular weight excluding hydrogens is 215 g/mol. The molecule has 0 spiro atoms. The molecule has 0 saturated carbocycles. The number of hydrogen-bond acceptors (Lipinski definition) is 2. The lowest BCUT2D eigenvalue weighted by Crippen LogP contribution is -2.02. The first-order chi connectivity index (χ1) is 7.13. The SMILES string of the molecule is O=C(O)Cc1cc(C=CCS)ccc1F. The fourth-order valence-corrected chi connectivity index (χ4v) is 1.29. The molecule has 1 N–H and O–H groups in total. The van der Waals surface area contributed by atoms with Crippen molar-refractivity contribution >= 4 is 24.7 Å². The lowest BCUT2D eigenvalue weighted by molar-refractivity contribution is -0.136. The van der Waals surface area contributed by atoms with Crippen LogP contribution in [0.25, 0.3) is 6.08 Å². The standard InChI is InChI=1S/C11H11FO2S/c12-10-4-3-8(2-1-5-15)6-9(10)7-11(13)14/h1-4,6,15H,5,7H2,(H,13,14). The summed E-state index contributed by atoms with van der Waals surface area (Å²) in [5.41, 5.74) is 0.977. The summed E-state index contributed by atoms with van der Waals surface area (Å²) >= 11 is 4.00. The molecule has 4 heteroatoms. The number of benzene rings is 1. The maximum absolute atomic E-state index is 13.1. The van der Waals surface area contributed by atoms with Crippen molar-refractivity contribution in [2.24, 2.45) is 0 Å². The third kappa shape index (κ3) is 3.75. The van der Waals surface area contributed by atoms with Gasteiger partial charge in [0.15, 0.2) is 0 Å². The van der Waals surface area contributed by atoms with E-state index in [2.05, 4.69) is 12.6 Å². The van der Waals surface area contributed by atoms with Crippen LogP contribution in [-0.2, 0) is 11.2 Å². The molecule has 1 rings (SSSR count). The van der Waals surface area contributed by atoms with E-state index < -0.39 is 11.8 Å². The highest BCUT2D eigenvalue weighted by Gasteiger charge is 2.06. The minimum Gasteiger partial charge on any atom is -0.481 e. The van der Waals surface area contributed by atoms with E-state index in [1.165, 1.54) is 12.1 Å². The van der Waals surface area contributed by atoms with E-state index in [0.29, 0.717) is 5.75 Å². The van der Waals surface area contributed by atoms with Gasteiger partial charge >= 0.3 is 5.97 Å². The monoisotopic (exact) mass is 226 g/mol. The van der Waals surface area contributed by atoms with Crippen LogP contribution in [0, 0.1) is 5.82 Å². The van der Waals surface area contributed by atoms with Gasteiger partial charge in [0.2, 0.25) is 0 Å². The number of rotatable bonds is 4. The number of carboxylic acids is 1. The van der Waals surface area contributed by atoms with E-state index in [0.717, 1.165) is 5.56 Å². The second-order valence-corrected chi connectivity index (χ2v) is 3.37. The largest absolute Gasteiger partial charge is 0.481 e. The highest BCUT2D eigenvalue weighted by atomic mass is 32.1. The molecule has 0 aliphatic rings. The second kappa shape index (κ2) is 5.56. The maximum atomic E-state index is 13.1. The molecule has 80 valence electrons. The number of carboxylic acid groups (broad SMARTS) is 1. The molecule has 1 aromatic rings. The zero-order chi connectivity index (χ0) is 11.3. The fourth-order valence-electron chi connectivity index (χ4n) is 1.19. The predicted octanol–water partition coefficient (Wildman–Crippen LogP) is 2.40. The molecule has 1 aromatic carbocycles. The molecule has 0 aromatic heterocycles. The summed E-state index contributed by atoms with van der Waals surface area (Å²) < 4.78 is 13.1. The predicted molar refractivity (Wildman–Crippen MR) is 60.6 cm³/mol. The Labute approximate surface area is 92.8 Å². The Kier molecular flexibility index (Phi) is 4.37. The number of carbonyl (C=O) groups is 1. The summed E-state index contributed by atoms with van der Waals surface area (Å²) in [6.45, 7) is 0. The Bertz CT molecular complexity index is 388. The van der Waals surface area contributed by atoms with Gasteiger partial charge in [-0.2, -0.15) is 12.6 Å². The van der Waals surface area contributed by atoms with Crippen molar-refractivity contribution in [3.8, 4) is 0 Å². The topological polar surface area (TPSA) is 37.3 Å². The Morgan fingerprint density at radius 1 is 1.53 bits per heavy atom. The summed E-state index contributed by atoms with van der Waals surface area (Å²) in [6.07, 6.45) is 3.28. The number of halogens is 1. The first-order valence-corrected chi connectivity index (χ1v) is 5.04. The Morgan fingerprint density at radius 3 is 2.87 bits per heavy atom. The van der Waals surface area contributed by atoms with E-state index in [4.69, 9.17) is 5.11 Å². The number of aliphatic carboxylic acids is 1. The van der Waals surface area contributed by atoms with E-state index in [-0.39, 0.29) is 12.0 Å². The van der Waals surface area contributed by atoms with Gasteiger partial charge in [-0.05, 0) is 23.3 Å². The van der Waals surface area contributed by atoms with E-state index in [1.807, 2.05) is 0 Å². The fraction of sp³-hybridized carbons (Fsp3) is 0.182. The second-order valence-electron chi connectivity index (χ2n) is 3.01. The van der Waals surface area contributed by atoms with Gasteiger partial charge in [0.25, 0.3) is 0 Å². The van der Waals surface area contributed by atoms with Gasteiger partial charge in [-0.15, -0.1) is 0 Å². The van der Waals surface area contributed by atoms with Crippen LogP contribution >= 0.6 is 12.6 Å². The van der Waals surface area contributed by atoms with Crippen molar-refractivity contribution < 1.29 is 14.3 Å². The summed E-state index contributed by atoms with van der Waals surface area (Å²) in [4.78, 5) is 10.4. The molecule has 0 heterocycles. The van der Waals surface area contributed by atoms with Gasteiger partial charge in [-0.3, -0.25) is 4.79 Å². The van der Waals surface area contributed by atoms with Gasteiger partial charge in [0.05, 0.1) is 6.42 Å². The Balaban J connectivity index is 2.94. The third-order valence-corrected chi connectivity index (χ3v) is 2.04. The minimum atomic E-state index is -1.04. The molecule has 0 atom stereocenters. The molecule has 0 saturated heterocycles. The summed E-state index contributed by atoms with van der Waals surface area (Å²) in [7, 11) is 0. The van der Waals surface area contributed by atoms with Crippen molar-refractivity contribution in [2.75, 3.05) is 5.75 Å². The molecular formula is C11H11FO2S. The van der Waals surface area contributed by atoms with Gasteiger partial charge in [0.1, 0.15) is 5.82 Å². The molecule has 0 bridgehead atoms. The third-order valence-electron chi connectivity index (χ3n) is 1.83. The number of thiol groups is 1. The van der Waals surface area contributed by atoms with Crippen molar-refractivity contribution in [2.45, 2.75) is 6.42 Å². The van der Waals surface area contributed by atoms with Crippen LogP contribution in [0.5, 0.6) is 0 Å². The molecule has 0 fully saturated rings. The zero-order valence-electron chi connectivity index (χ0n) is 7.98. The number of hydrogen-bond donors (Lipinski definition) is 2. The molecule has 0 amide bonds. The molecule has 2 nitrogen and oxygen atoms in total. The van der Waals surface area contributed by atoms with Crippen LogP contribution < -0.4 is 0 Å². The molecule has 15 heavy (non-hydrogen) atoms. The van der Waals surface area contributed by atoms with Crippen molar-refractivity contribution in [1.29, 1.82) is 0 Å². The average molecular weight is 226 g/mol. The zero-order valence-corrected chi connectivity index (χ0v) is 8.88. The van der Waals surface area contributed by atoms with Gasteiger partial charge in [0, 0.05) is 5.75 Å². The molecule has 0 aliphatic heterocycles. The van der Waals surface area contributed by atoms with Gasteiger partial charge in [-0.1, -0.05) is 18.2 Å². The maximum Gasteiger partial charge on any atom is 0.307 e. The minimum absolute atomic E-state index is 0.198. The van der Waals surface area contributed by atoms with Crippen LogP contribution in [0.4, 0.5) is 4.39 Å². The van der Waals surface area contributed by atoms with Crippen LogP contribution in [0.15, 0.2) is 24.3 Å². The summed E-state index contributed by atoms with van der Waals surface area (Å²) in [6, 6.07) is 4.40. The van der Waals surface area contributed by atoms with Crippen LogP contribution in [0.1, 0.15) is 11.1 Å². The summed E-state index contributed by atoms with van der Waals surface area (Å²) in [5, 5.41) is 8.56. The van der Waals surface area contributed by atoms with Crippen LogP contribution in [-0.4, -0.2) is 16.8 Å². The quantitative estimate of drug-likeness (QED) is 0.773. The highest BCUT2D eigenvalue weighted by molar-refractivity contribution is 7.80. The van der Waals surface area contributed by atoms with E-state index >= 15 is 0 Å². The van der Waals surface area contributed by atoms with E-state index in [9.17, 15) is 9.18 Å². The smallest absolute Gasteiger partial charge is 0.307 e. The van der Waals surface area contributed by atoms with Gasteiger partial charge in [-0.25, -0.2) is 4.39 Å². The van der Waals surface area contributed by atoms with Crippen LogP contribution in [0.3, 0.4) is 0 Å².